The van der Waals surface area contributed by atoms with Crippen molar-refractivity contribution in [3.05, 3.63) is 35.9 Å². The van der Waals surface area contributed by atoms with Gasteiger partial charge in [0, 0.05) is 76.7 Å². The van der Waals surface area contributed by atoms with Gasteiger partial charge in [0.2, 0.25) is 0 Å². The number of carbonyl (C=O) groups excluding carboxylic acids is 1. The Morgan fingerprint density at radius 1 is 1.02 bits per heavy atom. The van der Waals surface area contributed by atoms with E-state index in [0.29, 0.717) is 12.2 Å². The van der Waals surface area contributed by atoms with Crippen LogP contribution >= 0.6 is 0 Å². The Bertz CT molecular complexity index is 1230. The number of methoxy groups -OCH3 is 5. The smallest absolute Gasteiger partial charge is 0.338 e. The molecular weight excluding hydrogens is 554 g/mol. The normalized spacial score (nSPS) is 51.0. The molecule has 11 unspecified atom stereocenters. The lowest BCUT2D eigenvalue weighted by Gasteiger charge is -2.69. The number of piperidine rings is 1. The molecule has 1 aromatic carbocycles. The van der Waals surface area contributed by atoms with E-state index in [1.807, 2.05) is 6.07 Å². The number of ether oxygens (including phenoxy) is 6. The third-order valence-electron chi connectivity index (χ3n) is 13.1. The molecule has 1 aromatic rings. The molecule has 14 atom stereocenters. The number of esters is 1. The van der Waals surface area contributed by atoms with E-state index in [1.165, 1.54) is 7.11 Å². The summed E-state index contributed by atoms with van der Waals surface area (Å²) in [5, 5.41) is 25.1. The maximum absolute atomic E-state index is 13.7. The SMILES string of the molecule is CCN1C[C@]2(COC)CCC(OC)C34C5CC6(O)C(OC(=O)c7ccccc7)C5[C@@](OC)(C(C(OC)C32)C14)C(O)[C@@H]6OC. The van der Waals surface area contributed by atoms with Crippen LogP contribution in [0.5, 0.6) is 0 Å². The second-order valence-corrected chi connectivity index (χ2v) is 13.9. The molecule has 10 heteroatoms. The fourth-order valence-corrected chi connectivity index (χ4v) is 12.3. The predicted molar refractivity (Wildman–Crippen MR) is 154 cm³/mol. The number of fused-ring (bicyclic) bond motifs is 2. The third kappa shape index (κ3) is 3.34. The van der Waals surface area contributed by atoms with Gasteiger partial charge in [0.1, 0.15) is 29.5 Å². The molecular formula is C33H47NO9. The highest BCUT2D eigenvalue weighted by Gasteiger charge is 2.90. The van der Waals surface area contributed by atoms with Crippen LogP contribution in [0.15, 0.2) is 30.3 Å². The van der Waals surface area contributed by atoms with Crippen LogP contribution in [0.2, 0.25) is 0 Å². The summed E-state index contributed by atoms with van der Waals surface area (Å²) >= 11 is 0. The van der Waals surface area contributed by atoms with Crippen molar-refractivity contribution in [2.75, 3.05) is 55.2 Å². The van der Waals surface area contributed by atoms with Crippen LogP contribution in [0.25, 0.3) is 0 Å². The number of hydrogen-bond donors (Lipinski definition) is 2. The highest BCUT2D eigenvalue weighted by atomic mass is 16.6. The number of aliphatic hydroxyl groups is 2. The topological polar surface area (TPSA) is 116 Å². The van der Waals surface area contributed by atoms with Crippen molar-refractivity contribution in [3.63, 3.8) is 0 Å². The molecule has 7 rings (SSSR count). The van der Waals surface area contributed by atoms with Crippen molar-refractivity contribution in [1.29, 1.82) is 0 Å². The van der Waals surface area contributed by atoms with Gasteiger partial charge in [-0.1, -0.05) is 25.1 Å². The van der Waals surface area contributed by atoms with Crippen molar-refractivity contribution in [3.8, 4) is 0 Å². The monoisotopic (exact) mass is 601 g/mol. The molecule has 6 fully saturated rings. The van der Waals surface area contributed by atoms with Gasteiger partial charge in [-0.25, -0.2) is 4.79 Å². The van der Waals surface area contributed by atoms with Crippen LogP contribution in [0.1, 0.15) is 36.5 Å². The average molecular weight is 602 g/mol. The van der Waals surface area contributed by atoms with Crippen molar-refractivity contribution >= 4 is 5.97 Å². The molecule has 1 saturated heterocycles. The number of carbonyl (C=O) groups is 1. The highest BCUT2D eigenvalue weighted by molar-refractivity contribution is 5.89. The van der Waals surface area contributed by atoms with Crippen molar-refractivity contribution in [2.24, 2.45) is 34.5 Å². The first kappa shape index (κ1) is 30.0. The van der Waals surface area contributed by atoms with Crippen molar-refractivity contribution in [2.45, 2.75) is 73.9 Å². The minimum Gasteiger partial charge on any atom is -0.455 e. The van der Waals surface area contributed by atoms with Gasteiger partial charge in [-0.15, -0.1) is 0 Å². The minimum absolute atomic E-state index is 0.0186. The van der Waals surface area contributed by atoms with Crippen LogP contribution in [-0.4, -0.2) is 124 Å². The highest BCUT2D eigenvalue weighted by Crippen LogP contribution is 2.80. The minimum atomic E-state index is -1.64. The number of likely N-dealkylation sites (tertiary alicyclic amines) is 1. The molecule has 238 valence electrons. The van der Waals surface area contributed by atoms with Gasteiger partial charge in [0.25, 0.3) is 0 Å². The predicted octanol–water partition coefficient (Wildman–Crippen LogP) is 1.76. The number of aliphatic hydroxyl groups excluding tert-OH is 1. The Morgan fingerprint density at radius 3 is 2.37 bits per heavy atom. The Balaban J connectivity index is 1.49. The number of rotatable bonds is 9. The molecule has 6 aliphatic rings. The Morgan fingerprint density at radius 2 is 1.77 bits per heavy atom. The molecule has 43 heavy (non-hydrogen) atoms. The summed E-state index contributed by atoms with van der Waals surface area (Å²) in [5.74, 6) is -1.55. The quantitative estimate of drug-likeness (QED) is 0.406. The Labute approximate surface area is 253 Å². The molecule has 1 heterocycles. The Hall–Kier alpha value is -1.63. The van der Waals surface area contributed by atoms with Crippen molar-refractivity contribution < 1.29 is 43.4 Å². The fraction of sp³-hybridized carbons (Fsp3) is 0.788. The van der Waals surface area contributed by atoms with E-state index in [4.69, 9.17) is 28.4 Å². The molecule has 10 nitrogen and oxygen atoms in total. The summed E-state index contributed by atoms with van der Waals surface area (Å²) in [5.41, 5.74) is -3.15. The molecule has 1 aliphatic heterocycles. The van der Waals surface area contributed by atoms with Gasteiger partial charge >= 0.3 is 5.97 Å². The van der Waals surface area contributed by atoms with Crippen LogP contribution < -0.4 is 0 Å². The van der Waals surface area contributed by atoms with E-state index in [9.17, 15) is 15.0 Å². The molecule has 0 aromatic heterocycles. The summed E-state index contributed by atoms with van der Waals surface area (Å²) < 4.78 is 38.0. The van der Waals surface area contributed by atoms with E-state index in [1.54, 1.807) is 52.7 Å². The van der Waals surface area contributed by atoms with Crippen molar-refractivity contribution in [1.82, 2.24) is 4.90 Å². The lowest BCUT2D eigenvalue weighted by Crippen LogP contribution is -2.80. The van der Waals surface area contributed by atoms with Crippen LogP contribution in [0.3, 0.4) is 0 Å². The second kappa shape index (κ2) is 10.2. The van der Waals surface area contributed by atoms with Crippen LogP contribution in [-0.2, 0) is 28.4 Å². The van der Waals surface area contributed by atoms with Gasteiger partial charge in [-0.3, -0.25) is 4.90 Å². The molecule has 0 amide bonds. The lowest BCUT2D eigenvalue weighted by atomic mass is 9.43. The van der Waals surface area contributed by atoms with E-state index in [-0.39, 0.29) is 47.8 Å². The van der Waals surface area contributed by atoms with E-state index < -0.39 is 46.8 Å². The summed E-state index contributed by atoms with van der Waals surface area (Å²) in [6, 6.07) is 8.79. The summed E-state index contributed by atoms with van der Waals surface area (Å²) in [4.78, 5) is 16.2. The summed E-state index contributed by atoms with van der Waals surface area (Å²) in [6.07, 6.45) is -1.58. The third-order valence-corrected chi connectivity index (χ3v) is 13.1. The van der Waals surface area contributed by atoms with Gasteiger partial charge in [-0.05, 0) is 43.9 Å². The van der Waals surface area contributed by atoms with E-state index in [0.717, 1.165) is 25.9 Å². The standard InChI is InChI=1S/C33H47NO9/c1-7-34-16-30(17-38-2)14-13-20(39-3)32-19-15-31(37)27(43-29(36)18-11-9-8-10-12-18)21(19)33(42-6,26(35)28(31)41-5)22(25(32)34)23(40-4)24(30)32/h8-12,19-28,35,37H,7,13-17H2,1-6H3/t19?,20?,21?,22?,23?,24?,25?,26?,27?,28-,30-,31?,32?,33+/m0/s1. The number of benzene rings is 1. The first-order valence-corrected chi connectivity index (χ1v) is 15.7. The second-order valence-electron chi connectivity index (χ2n) is 13.9. The molecule has 5 saturated carbocycles. The molecule has 0 radical (unpaired) electrons. The van der Waals surface area contributed by atoms with Gasteiger partial charge in [-0.2, -0.15) is 0 Å². The zero-order valence-electron chi connectivity index (χ0n) is 26.1. The first-order chi connectivity index (χ1) is 20.7. The lowest BCUT2D eigenvalue weighted by molar-refractivity contribution is -0.321. The largest absolute Gasteiger partial charge is 0.455 e. The van der Waals surface area contributed by atoms with Crippen LogP contribution in [0, 0.1) is 34.5 Å². The van der Waals surface area contributed by atoms with E-state index >= 15 is 0 Å². The molecule has 5 aliphatic carbocycles. The Kier molecular flexibility index (Phi) is 7.12. The fourth-order valence-electron chi connectivity index (χ4n) is 12.3. The maximum Gasteiger partial charge on any atom is 0.338 e. The number of hydrogen-bond acceptors (Lipinski definition) is 10. The first-order valence-electron chi connectivity index (χ1n) is 15.7. The molecule has 2 N–H and O–H groups in total. The van der Waals surface area contributed by atoms with Gasteiger partial charge in [0.15, 0.2) is 0 Å². The summed E-state index contributed by atoms with van der Waals surface area (Å²) in [7, 11) is 8.45. The molecule has 1 spiro atoms. The van der Waals surface area contributed by atoms with Gasteiger partial charge in [0.05, 0.1) is 24.4 Å². The zero-order chi connectivity index (χ0) is 30.5. The number of nitrogens with zero attached hydrogens (tertiary/aromatic N) is 1. The summed E-state index contributed by atoms with van der Waals surface area (Å²) in [6.45, 7) is 4.40. The zero-order valence-corrected chi connectivity index (χ0v) is 26.1. The van der Waals surface area contributed by atoms with Gasteiger partial charge < -0.3 is 38.6 Å². The van der Waals surface area contributed by atoms with E-state index in [2.05, 4.69) is 11.8 Å². The maximum atomic E-state index is 13.7. The average Bonchev–Trinajstić information content (AvgIpc) is 3.39. The molecule has 7 bridgehead atoms. The van der Waals surface area contributed by atoms with Crippen LogP contribution in [0.4, 0.5) is 0 Å².